The van der Waals surface area contributed by atoms with E-state index in [1.54, 1.807) is 0 Å². The fourth-order valence-electron chi connectivity index (χ4n) is 1.04. The maximum absolute atomic E-state index is 5.89. The Hall–Kier alpha value is -0.980. The maximum Gasteiger partial charge on any atom is 0.0305 e. The van der Waals surface area contributed by atoms with Crippen LogP contribution in [0.5, 0.6) is 0 Å². The Morgan fingerprint density at radius 2 is 1.77 bits per heavy atom. The van der Waals surface area contributed by atoms with Gasteiger partial charge in [0.15, 0.2) is 0 Å². The minimum Gasteiger partial charge on any atom is -0.399 e. The molecule has 74 valence electrons. The second kappa shape index (κ2) is 6.53. The molecule has 0 saturated heterocycles. The van der Waals surface area contributed by atoms with E-state index in [9.17, 15) is 0 Å². The highest BCUT2D eigenvalue weighted by Gasteiger charge is 1.95. The Morgan fingerprint density at radius 1 is 1.15 bits per heavy atom. The third-order valence-electron chi connectivity index (χ3n) is 1.79. The van der Waals surface area contributed by atoms with Gasteiger partial charge in [0.2, 0.25) is 0 Å². The van der Waals surface area contributed by atoms with E-state index in [1.807, 2.05) is 0 Å². The topological polar surface area (TPSA) is 26.0 Å². The number of nitrogens with two attached hydrogens (primary N) is 1. The minimum absolute atomic E-state index is 0.919. The van der Waals surface area contributed by atoms with Crippen molar-refractivity contribution < 1.29 is 0 Å². The van der Waals surface area contributed by atoms with Crippen LogP contribution in [0.25, 0.3) is 0 Å². The number of hydrogen-bond acceptors (Lipinski definition) is 1. The van der Waals surface area contributed by atoms with Crippen LogP contribution in [0.4, 0.5) is 0 Å². The molecule has 0 aliphatic heterocycles. The van der Waals surface area contributed by atoms with E-state index in [0.717, 1.165) is 18.5 Å². The Balaban J connectivity index is 4.60. The molecule has 0 unspecified atom stereocenters. The molecular formula is C12H21N. The van der Waals surface area contributed by atoms with E-state index in [-0.39, 0.29) is 0 Å². The Bertz CT molecular complexity index is 228. The summed E-state index contributed by atoms with van der Waals surface area (Å²) in [5, 5.41) is 0. The molecule has 0 bridgehead atoms. The highest BCUT2D eigenvalue weighted by atomic mass is 14.6. The Kier molecular flexibility index (Phi) is 6.03. The van der Waals surface area contributed by atoms with Gasteiger partial charge in [0.25, 0.3) is 0 Å². The lowest BCUT2D eigenvalue weighted by Crippen LogP contribution is -2.00. The summed E-state index contributed by atoms with van der Waals surface area (Å²) in [6.45, 7) is 8.40. The predicted octanol–water partition coefficient (Wildman–Crippen LogP) is 3.54. The van der Waals surface area contributed by atoms with Crippen LogP contribution in [0.3, 0.4) is 0 Å². The van der Waals surface area contributed by atoms with Gasteiger partial charge < -0.3 is 5.73 Å². The van der Waals surface area contributed by atoms with Gasteiger partial charge >= 0.3 is 0 Å². The highest BCUT2D eigenvalue weighted by Crippen LogP contribution is 2.10. The van der Waals surface area contributed by atoms with Crippen molar-refractivity contribution in [1.29, 1.82) is 0 Å². The monoisotopic (exact) mass is 179 g/mol. The van der Waals surface area contributed by atoms with Gasteiger partial charge in [-0.15, -0.1) is 0 Å². The van der Waals surface area contributed by atoms with Crippen molar-refractivity contribution >= 4 is 0 Å². The van der Waals surface area contributed by atoms with Crippen LogP contribution in [-0.2, 0) is 0 Å². The zero-order valence-electron chi connectivity index (χ0n) is 9.22. The van der Waals surface area contributed by atoms with Crippen molar-refractivity contribution in [3.05, 3.63) is 35.1 Å². The van der Waals surface area contributed by atoms with Gasteiger partial charge in [-0.3, -0.25) is 0 Å². The normalized spacial score (nSPS) is 12.9. The maximum atomic E-state index is 5.89. The van der Waals surface area contributed by atoms with Crippen molar-refractivity contribution in [2.75, 3.05) is 0 Å². The van der Waals surface area contributed by atoms with Crippen LogP contribution in [0.1, 0.15) is 40.5 Å². The standard InChI is InChI=1S/C12H21N/c1-5-7-12(13)11(6-2)9-8-10(3)4/h7-9H,5-6,13H2,1-4H3/b11-9-,12-7-. The second-order valence-electron chi connectivity index (χ2n) is 3.36. The lowest BCUT2D eigenvalue weighted by Gasteiger charge is -2.03. The Labute approximate surface area is 82.0 Å². The number of hydrogen-bond donors (Lipinski definition) is 1. The van der Waals surface area contributed by atoms with Gasteiger partial charge in [-0.05, 0) is 32.3 Å². The first-order chi connectivity index (χ1) is 6.11. The van der Waals surface area contributed by atoms with Crippen molar-refractivity contribution in [2.45, 2.75) is 40.5 Å². The molecule has 0 aliphatic carbocycles. The van der Waals surface area contributed by atoms with E-state index in [1.165, 1.54) is 11.1 Å². The third-order valence-corrected chi connectivity index (χ3v) is 1.79. The van der Waals surface area contributed by atoms with Gasteiger partial charge in [0, 0.05) is 5.70 Å². The smallest absolute Gasteiger partial charge is 0.0305 e. The number of rotatable bonds is 4. The first kappa shape index (κ1) is 12.0. The second-order valence-corrected chi connectivity index (χ2v) is 3.36. The van der Waals surface area contributed by atoms with Crippen LogP contribution in [-0.4, -0.2) is 0 Å². The molecule has 0 aromatic heterocycles. The minimum atomic E-state index is 0.919. The van der Waals surface area contributed by atoms with Gasteiger partial charge in [0.05, 0.1) is 0 Å². The predicted molar refractivity (Wildman–Crippen MR) is 60.4 cm³/mol. The molecule has 0 fully saturated rings. The summed E-state index contributed by atoms with van der Waals surface area (Å²) in [4.78, 5) is 0. The average Bonchev–Trinajstić information content (AvgIpc) is 2.05. The highest BCUT2D eigenvalue weighted by molar-refractivity contribution is 5.31. The molecule has 0 aromatic rings. The molecule has 0 heterocycles. The molecule has 0 atom stereocenters. The fraction of sp³-hybridized carbons (Fsp3) is 0.500. The van der Waals surface area contributed by atoms with E-state index in [4.69, 9.17) is 5.73 Å². The van der Waals surface area contributed by atoms with Crippen LogP contribution >= 0.6 is 0 Å². The van der Waals surface area contributed by atoms with E-state index < -0.39 is 0 Å². The van der Waals surface area contributed by atoms with Crippen molar-refractivity contribution in [2.24, 2.45) is 5.73 Å². The van der Waals surface area contributed by atoms with Crippen LogP contribution in [0, 0.1) is 0 Å². The zero-order valence-corrected chi connectivity index (χ0v) is 9.22. The van der Waals surface area contributed by atoms with Crippen molar-refractivity contribution in [1.82, 2.24) is 0 Å². The van der Waals surface area contributed by atoms with E-state index >= 15 is 0 Å². The largest absolute Gasteiger partial charge is 0.399 e. The molecule has 1 heteroatoms. The molecule has 13 heavy (non-hydrogen) atoms. The summed E-state index contributed by atoms with van der Waals surface area (Å²) in [7, 11) is 0. The SMILES string of the molecule is CC/C=C(N)/C(=C\C=C(C)C)CC. The average molecular weight is 179 g/mol. The van der Waals surface area contributed by atoms with Gasteiger partial charge in [-0.1, -0.05) is 37.6 Å². The first-order valence-corrected chi connectivity index (χ1v) is 4.91. The van der Waals surface area contributed by atoms with Gasteiger partial charge in [-0.25, -0.2) is 0 Å². The molecule has 0 rings (SSSR count). The summed E-state index contributed by atoms with van der Waals surface area (Å²) in [6.07, 6.45) is 8.27. The summed E-state index contributed by atoms with van der Waals surface area (Å²) in [6, 6.07) is 0. The first-order valence-electron chi connectivity index (χ1n) is 4.91. The molecule has 0 radical (unpaired) electrons. The molecular weight excluding hydrogens is 158 g/mol. The molecule has 2 N–H and O–H groups in total. The summed E-state index contributed by atoms with van der Waals surface area (Å²) in [5.74, 6) is 0. The van der Waals surface area contributed by atoms with E-state index in [0.29, 0.717) is 0 Å². The molecule has 0 aliphatic rings. The quantitative estimate of drug-likeness (QED) is 0.656. The lowest BCUT2D eigenvalue weighted by atomic mass is 10.1. The van der Waals surface area contributed by atoms with Crippen LogP contribution in [0.2, 0.25) is 0 Å². The molecule has 0 amide bonds. The fourth-order valence-corrected chi connectivity index (χ4v) is 1.04. The van der Waals surface area contributed by atoms with Gasteiger partial charge in [-0.2, -0.15) is 0 Å². The number of allylic oxidation sites excluding steroid dienone is 5. The molecule has 0 saturated carbocycles. The lowest BCUT2D eigenvalue weighted by molar-refractivity contribution is 1.06. The molecule has 0 spiro atoms. The third kappa shape index (κ3) is 5.29. The summed E-state index contributed by atoms with van der Waals surface area (Å²) >= 11 is 0. The van der Waals surface area contributed by atoms with Crippen LogP contribution < -0.4 is 5.73 Å². The zero-order chi connectivity index (χ0) is 10.3. The Morgan fingerprint density at radius 3 is 2.15 bits per heavy atom. The molecule has 1 nitrogen and oxygen atoms in total. The van der Waals surface area contributed by atoms with Crippen molar-refractivity contribution in [3.63, 3.8) is 0 Å². The summed E-state index contributed by atoms with van der Waals surface area (Å²) in [5.41, 5.74) is 9.33. The van der Waals surface area contributed by atoms with Crippen LogP contribution in [0.15, 0.2) is 35.1 Å². The van der Waals surface area contributed by atoms with E-state index in [2.05, 4.69) is 45.9 Å². The summed E-state index contributed by atoms with van der Waals surface area (Å²) < 4.78 is 0. The van der Waals surface area contributed by atoms with Crippen molar-refractivity contribution in [3.8, 4) is 0 Å². The van der Waals surface area contributed by atoms with Gasteiger partial charge in [0.1, 0.15) is 0 Å². The molecule has 0 aromatic carbocycles.